The molecule has 0 heterocycles. The van der Waals surface area contributed by atoms with Crippen LogP contribution in [0, 0.1) is 0 Å². The van der Waals surface area contributed by atoms with Crippen LogP contribution in [0.15, 0.2) is 0 Å². The minimum atomic E-state index is 0.178. The van der Waals surface area contributed by atoms with Crippen LogP contribution in [0.25, 0.3) is 0 Å². The van der Waals surface area contributed by atoms with Crippen molar-refractivity contribution < 1.29 is 9.57 Å². The summed E-state index contributed by atoms with van der Waals surface area (Å²) in [5, 5.41) is 0. The Bertz CT molecular complexity index is 38.7. The molecule has 7 heavy (non-hydrogen) atoms. The van der Waals surface area contributed by atoms with E-state index in [1.165, 1.54) is 0 Å². The lowest BCUT2D eigenvalue weighted by atomic mass is 10.5. The van der Waals surface area contributed by atoms with E-state index in [9.17, 15) is 0 Å². The van der Waals surface area contributed by atoms with Crippen molar-refractivity contribution in [3.63, 3.8) is 0 Å². The molecule has 0 atom stereocenters. The molecule has 0 aliphatic rings. The van der Waals surface area contributed by atoms with E-state index in [4.69, 9.17) is 4.74 Å². The molecule has 0 aromatic carbocycles. The van der Waals surface area contributed by atoms with Gasteiger partial charge in [-0.1, -0.05) is 0 Å². The highest BCUT2D eigenvalue weighted by atomic mass is 16.7. The van der Waals surface area contributed by atoms with E-state index in [0.29, 0.717) is 0 Å². The highest BCUT2D eigenvalue weighted by Crippen LogP contribution is 1.83. The normalized spacial score (nSPS) is 10.3. The van der Waals surface area contributed by atoms with E-state index >= 15 is 0 Å². The van der Waals surface area contributed by atoms with Gasteiger partial charge in [-0.15, -0.1) is 0 Å². The average molecular weight is 105 g/mol. The topological polar surface area (TPSA) is 44.5 Å². The quantitative estimate of drug-likeness (QED) is 0.413. The number of rotatable bonds is 3. The predicted molar refractivity (Wildman–Crippen MR) is 26.4 cm³/mol. The molecule has 0 aliphatic heterocycles. The summed E-state index contributed by atoms with van der Waals surface area (Å²) in [4.78, 5) is 4.13. The zero-order valence-electron chi connectivity index (χ0n) is 4.68. The summed E-state index contributed by atoms with van der Waals surface area (Å²) in [6.45, 7) is 4.01. The summed E-state index contributed by atoms with van der Waals surface area (Å²) in [7, 11) is 0. The van der Waals surface area contributed by atoms with Gasteiger partial charge in [-0.05, 0) is 13.8 Å². The van der Waals surface area contributed by atoms with Crippen molar-refractivity contribution >= 4 is 0 Å². The van der Waals surface area contributed by atoms with Crippen molar-refractivity contribution in [3.05, 3.63) is 0 Å². The second-order valence-corrected chi connectivity index (χ2v) is 1.50. The molecule has 0 bridgehead atoms. The Morgan fingerprint density at radius 3 is 2.29 bits per heavy atom. The second kappa shape index (κ2) is 4.05. The molecule has 0 rings (SSSR count). The maximum Gasteiger partial charge on any atom is 0.166 e. The number of nitrogens with two attached hydrogens (primary N) is 1. The maximum atomic E-state index is 4.84. The van der Waals surface area contributed by atoms with Gasteiger partial charge in [0.2, 0.25) is 0 Å². The van der Waals surface area contributed by atoms with Crippen molar-refractivity contribution in [1.29, 1.82) is 0 Å². The van der Waals surface area contributed by atoms with Gasteiger partial charge in [-0.3, -0.25) is 4.84 Å². The Balaban J connectivity index is 2.68. The fraction of sp³-hybridized carbons (Fsp3) is 1.00. The van der Waals surface area contributed by atoms with Crippen molar-refractivity contribution in [2.45, 2.75) is 20.0 Å². The lowest BCUT2D eigenvalue weighted by molar-refractivity contribution is -0.0800. The SMILES string of the molecule is CC(C)OCON. The molecule has 0 saturated carbocycles. The van der Waals surface area contributed by atoms with E-state index in [0.717, 1.165) is 0 Å². The third kappa shape index (κ3) is 5.88. The minimum absolute atomic E-state index is 0.178. The summed E-state index contributed by atoms with van der Waals surface area (Å²) in [6, 6.07) is 0. The monoisotopic (exact) mass is 105 g/mol. The molecule has 3 heteroatoms. The smallest absolute Gasteiger partial charge is 0.166 e. The molecule has 44 valence electrons. The summed E-state index contributed by atoms with van der Waals surface area (Å²) >= 11 is 0. The van der Waals surface area contributed by atoms with Crippen LogP contribution < -0.4 is 5.90 Å². The molecule has 0 aromatic heterocycles. The Kier molecular flexibility index (Phi) is 3.98. The molecule has 0 aliphatic carbocycles. The lowest BCUT2D eigenvalue weighted by Gasteiger charge is -2.02. The third-order valence-electron chi connectivity index (χ3n) is 0.469. The zero-order chi connectivity index (χ0) is 5.70. The van der Waals surface area contributed by atoms with Gasteiger partial charge in [0.05, 0.1) is 6.10 Å². The molecule has 0 saturated heterocycles. The van der Waals surface area contributed by atoms with E-state index in [2.05, 4.69) is 10.7 Å². The second-order valence-electron chi connectivity index (χ2n) is 1.50. The Morgan fingerprint density at radius 1 is 1.57 bits per heavy atom. The predicted octanol–water partition coefficient (Wildman–Crippen LogP) is 0.259. The van der Waals surface area contributed by atoms with Gasteiger partial charge in [0, 0.05) is 0 Å². The van der Waals surface area contributed by atoms with Gasteiger partial charge in [0.25, 0.3) is 0 Å². The van der Waals surface area contributed by atoms with E-state index in [1.54, 1.807) is 0 Å². The Morgan fingerprint density at radius 2 is 2.14 bits per heavy atom. The fourth-order valence-corrected chi connectivity index (χ4v) is 0.175. The van der Waals surface area contributed by atoms with Crippen molar-refractivity contribution in [2.75, 3.05) is 6.79 Å². The summed E-state index contributed by atoms with van der Waals surface area (Å²) < 4.78 is 4.84. The van der Waals surface area contributed by atoms with Crippen LogP contribution in [-0.2, 0) is 9.57 Å². The first-order valence-corrected chi connectivity index (χ1v) is 2.20. The molecule has 0 radical (unpaired) electrons. The molecule has 0 fully saturated rings. The largest absolute Gasteiger partial charge is 0.351 e. The first-order chi connectivity index (χ1) is 3.27. The van der Waals surface area contributed by atoms with Crippen LogP contribution in [0.5, 0.6) is 0 Å². The van der Waals surface area contributed by atoms with Crippen molar-refractivity contribution in [2.24, 2.45) is 5.90 Å². The standard InChI is InChI=1S/C4H11NO2/c1-4(2)6-3-7-5/h4H,3,5H2,1-2H3. The average Bonchev–Trinajstić information content (AvgIpc) is 1.61. The van der Waals surface area contributed by atoms with Crippen LogP contribution in [0.1, 0.15) is 13.8 Å². The van der Waals surface area contributed by atoms with Gasteiger partial charge in [-0.25, -0.2) is 5.90 Å². The first-order valence-electron chi connectivity index (χ1n) is 2.20. The van der Waals surface area contributed by atoms with Gasteiger partial charge in [0.1, 0.15) is 0 Å². The molecule has 3 nitrogen and oxygen atoms in total. The van der Waals surface area contributed by atoms with Gasteiger partial charge >= 0.3 is 0 Å². The molecular formula is C4H11NO2. The van der Waals surface area contributed by atoms with E-state index in [1.807, 2.05) is 13.8 Å². The van der Waals surface area contributed by atoms with Gasteiger partial charge in [-0.2, -0.15) is 0 Å². The Labute approximate surface area is 43.4 Å². The van der Waals surface area contributed by atoms with E-state index in [-0.39, 0.29) is 12.9 Å². The molecular weight excluding hydrogens is 94.0 g/mol. The molecule has 0 unspecified atom stereocenters. The molecule has 0 amide bonds. The lowest BCUT2D eigenvalue weighted by Crippen LogP contribution is -2.09. The van der Waals surface area contributed by atoms with Gasteiger partial charge in [0.15, 0.2) is 6.79 Å². The summed E-state index contributed by atoms with van der Waals surface area (Å²) in [5.41, 5.74) is 0. The summed E-state index contributed by atoms with van der Waals surface area (Å²) in [5.74, 6) is 4.65. The van der Waals surface area contributed by atoms with Crippen LogP contribution in [0.3, 0.4) is 0 Å². The minimum Gasteiger partial charge on any atom is -0.351 e. The maximum absolute atomic E-state index is 4.84. The fourth-order valence-electron chi connectivity index (χ4n) is 0.175. The number of hydrogen-bond acceptors (Lipinski definition) is 3. The highest BCUT2D eigenvalue weighted by Gasteiger charge is 1.87. The third-order valence-corrected chi connectivity index (χ3v) is 0.469. The first kappa shape index (κ1) is 6.88. The van der Waals surface area contributed by atoms with E-state index < -0.39 is 0 Å². The number of ether oxygens (including phenoxy) is 1. The van der Waals surface area contributed by atoms with Crippen LogP contribution in [-0.4, -0.2) is 12.9 Å². The zero-order valence-corrected chi connectivity index (χ0v) is 4.68. The number of hydrogen-bond donors (Lipinski definition) is 1. The molecule has 0 spiro atoms. The van der Waals surface area contributed by atoms with Crippen LogP contribution in [0.4, 0.5) is 0 Å². The summed E-state index contributed by atoms with van der Waals surface area (Å²) in [6.07, 6.45) is 0.198. The van der Waals surface area contributed by atoms with Crippen molar-refractivity contribution in [1.82, 2.24) is 0 Å². The highest BCUT2D eigenvalue weighted by molar-refractivity contribution is 4.29. The Hall–Kier alpha value is -0.120. The van der Waals surface area contributed by atoms with Crippen LogP contribution in [0.2, 0.25) is 0 Å². The van der Waals surface area contributed by atoms with Crippen LogP contribution >= 0.6 is 0 Å². The van der Waals surface area contributed by atoms with Gasteiger partial charge < -0.3 is 4.74 Å². The van der Waals surface area contributed by atoms with Crippen molar-refractivity contribution in [3.8, 4) is 0 Å². The molecule has 2 N–H and O–H groups in total. The molecule has 0 aromatic rings.